The maximum atomic E-state index is 2.38. The van der Waals surface area contributed by atoms with Crippen molar-refractivity contribution in [2.24, 2.45) is 0 Å². The fraction of sp³-hybridized carbons (Fsp3) is 0. The quantitative estimate of drug-likeness (QED) is 0.128. The Labute approximate surface area is 314 Å². The molecule has 0 heteroatoms. The monoisotopic (exact) mass is 682 g/mol. The molecule has 0 saturated heterocycles. The average Bonchev–Trinajstić information content (AvgIpc) is 3.25. The first kappa shape index (κ1) is 30.6. The molecule has 0 radical (unpaired) electrons. The van der Waals surface area contributed by atoms with E-state index in [0.29, 0.717) is 0 Å². The molecule has 0 aliphatic rings. The van der Waals surface area contributed by atoms with Crippen molar-refractivity contribution in [2.45, 2.75) is 0 Å². The lowest BCUT2D eigenvalue weighted by Gasteiger charge is -2.17. The topological polar surface area (TPSA) is 0 Å². The number of fused-ring (bicyclic) bond motifs is 8. The summed E-state index contributed by atoms with van der Waals surface area (Å²) in [4.78, 5) is 0. The molecule has 11 rings (SSSR count). The standard InChI is InChI=1S/C54H34/c1-3-13-35(14-4-1)41-21-11-23-45-47(41)29-31-49-51(45)33-39-17-7-9-19-43(39)53(49)37-25-27-38(28-26-37)54-44-20-10-8-18-40(44)34-52-46-24-12-22-42(36-15-5-2-6-16-36)48(46)30-32-50(52)54/h1-34H. The molecule has 54 heavy (non-hydrogen) atoms. The summed E-state index contributed by atoms with van der Waals surface area (Å²) in [5.41, 5.74) is 10.0. The number of rotatable bonds is 4. The first-order valence-corrected chi connectivity index (χ1v) is 18.8. The van der Waals surface area contributed by atoms with Crippen molar-refractivity contribution in [3.63, 3.8) is 0 Å². The third-order valence-corrected chi connectivity index (χ3v) is 11.4. The molecule has 0 heterocycles. The van der Waals surface area contributed by atoms with Crippen LogP contribution < -0.4 is 0 Å². The molecule has 0 N–H and O–H groups in total. The lowest BCUT2D eigenvalue weighted by atomic mass is 9.86. The van der Waals surface area contributed by atoms with E-state index < -0.39 is 0 Å². The fourth-order valence-electron chi connectivity index (χ4n) is 8.98. The molecule has 11 aromatic carbocycles. The van der Waals surface area contributed by atoms with E-state index in [1.807, 2.05) is 0 Å². The van der Waals surface area contributed by atoms with Crippen LogP contribution in [0, 0.1) is 0 Å². The van der Waals surface area contributed by atoms with E-state index in [0.717, 1.165) is 0 Å². The lowest BCUT2D eigenvalue weighted by Crippen LogP contribution is -1.90. The Hall–Kier alpha value is -7.02. The molecule has 0 saturated carbocycles. The van der Waals surface area contributed by atoms with Gasteiger partial charge < -0.3 is 0 Å². The predicted molar refractivity (Wildman–Crippen MR) is 233 cm³/mol. The van der Waals surface area contributed by atoms with Crippen molar-refractivity contribution >= 4 is 64.6 Å². The van der Waals surface area contributed by atoms with Gasteiger partial charge in [-0.05, 0) is 121 Å². The van der Waals surface area contributed by atoms with Crippen LogP contribution in [-0.4, -0.2) is 0 Å². The van der Waals surface area contributed by atoms with Gasteiger partial charge in [-0.2, -0.15) is 0 Å². The van der Waals surface area contributed by atoms with Crippen LogP contribution in [0.1, 0.15) is 0 Å². The minimum atomic E-state index is 1.22. The van der Waals surface area contributed by atoms with Crippen LogP contribution in [0.4, 0.5) is 0 Å². The average molecular weight is 683 g/mol. The normalized spacial score (nSPS) is 11.7. The Kier molecular flexibility index (Phi) is 6.97. The molecule has 250 valence electrons. The summed E-state index contributed by atoms with van der Waals surface area (Å²) < 4.78 is 0. The zero-order chi connectivity index (χ0) is 35.6. The number of benzene rings is 11. The van der Waals surface area contributed by atoms with Crippen LogP contribution in [-0.2, 0) is 0 Å². The van der Waals surface area contributed by atoms with Crippen LogP contribution in [0.15, 0.2) is 206 Å². The molecule has 0 fully saturated rings. The molecule has 11 aromatic rings. The Morgan fingerprint density at radius 3 is 1.00 bits per heavy atom. The van der Waals surface area contributed by atoms with Crippen molar-refractivity contribution in [3.05, 3.63) is 206 Å². The molecule has 0 nitrogen and oxygen atoms in total. The first-order chi connectivity index (χ1) is 26.8. The minimum absolute atomic E-state index is 1.22. The predicted octanol–water partition coefficient (Wildman–Crippen LogP) is 15.3. The van der Waals surface area contributed by atoms with Gasteiger partial charge >= 0.3 is 0 Å². The molecule has 0 bridgehead atoms. The summed E-state index contributed by atoms with van der Waals surface area (Å²) in [6.45, 7) is 0. The van der Waals surface area contributed by atoms with Gasteiger partial charge in [-0.25, -0.2) is 0 Å². The second-order valence-electron chi connectivity index (χ2n) is 14.4. The summed E-state index contributed by atoms with van der Waals surface area (Å²) >= 11 is 0. The smallest absolute Gasteiger partial charge is 0.00266 e. The molecule has 0 aromatic heterocycles. The van der Waals surface area contributed by atoms with E-state index in [9.17, 15) is 0 Å². The summed E-state index contributed by atoms with van der Waals surface area (Å²) in [7, 11) is 0. The van der Waals surface area contributed by atoms with Crippen molar-refractivity contribution < 1.29 is 0 Å². The van der Waals surface area contributed by atoms with Gasteiger partial charge in [0.05, 0.1) is 0 Å². The highest BCUT2D eigenvalue weighted by atomic mass is 14.2. The van der Waals surface area contributed by atoms with Gasteiger partial charge in [-0.15, -0.1) is 0 Å². The van der Waals surface area contributed by atoms with Crippen molar-refractivity contribution in [1.29, 1.82) is 0 Å². The highest BCUT2D eigenvalue weighted by Gasteiger charge is 2.17. The van der Waals surface area contributed by atoms with E-state index in [4.69, 9.17) is 0 Å². The number of hydrogen-bond acceptors (Lipinski definition) is 0. The second kappa shape index (κ2) is 12.3. The Balaban J connectivity index is 1.12. The second-order valence-corrected chi connectivity index (χ2v) is 14.4. The minimum Gasteiger partial charge on any atom is -0.0622 e. The molecular weight excluding hydrogens is 649 g/mol. The third kappa shape index (κ3) is 4.78. The van der Waals surface area contributed by atoms with Gasteiger partial charge in [0.1, 0.15) is 0 Å². The highest BCUT2D eigenvalue weighted by molar-refractivity contribution is 6.23. The molecule has 0 atom stereocenters. The van der Waals surface area contributed by atoms with Gasteiger partial charge in [-0.3, -0.25) is 0 Å². The van der Waals surface area contributed by atoms with Crippen LogP contribution in [0.5, 0.6) is 0 Å². The molecule has 0 aliphatic carbocycles. The van der Waals surface area contributed by atoms with E-state index in [1.165, 1.54) is 109 Å². The summed E-state index contributed by atoms with van der Waals surface area (Å²) in [6.07, 6.45) is 0. The summed E-state index contributed by atoms with van der Waals surface area (Å²) in [5.74, 6) is 0. The highest BCUT2D eigenvalue weighted by Crippen LogP contribution is 2.44. The zero-order valence-corrected chi connectivity index (χ0v) is 29.6. The van der Waals surface area contributed by atoms with Gasteiger partial charge in [0.25, 0.3) is 0 Å². The van der Waals surface area contributed by atoms with Crippen LogP contribution in [0.2, 0.25) is 0 Å². The van der Waals surface area contributed by atoms with Crippen LogP contribution >= 0.6 is 0 Å². The third-order valence-electron chi connectivity index (χ3n) is 11.4. The van der Waals surface area contributed by atoms with E-state index >= 15 is 0 Å². The lowest BCUT2D eigenvalue weighted by molar-refractivity contribution is 1.65. The van der Waals surface area contributed by atoms with E-state index in [1.54, 1.807) is 0 Å². The van der Waals surface area contributed by atoms with Crippen molar-refractivity contribution in [2.75, 3.05) is 0 Å². The Bertz CT molecular complexity index is 3010. The van der Waals surface area contributed by atoms with Crippen molar-refractivity contribution in [1.82, 2.24) is 0 Å². The van der Waals surface area contributed by atoms with Gasteiger partial charge in [0, 0.05) is 0 Å². The molecule has 0 unspecified atom stereocenters. The van der Waals surface area contributed by atoms with E-state index in [2.05, 4.69) is 206 Å². The van der Waals surface area contributed by atoms with Crippen molar-refractivity contribution in [3.8, 4) is 44.5 Å². The largest absolute Gasteiger partial charge is 0.0622 e. The van der Waals surface area contributed by atoms with Gasteiger partial charge in [0.2, 0.25) is 0 Å². The Morgan fingerprint density at radius 1 is 0.185 bits per heavy atom. The first-order valence-electron chi connectivity index (χ1n) is 18.8. The van der Waals surface area contributed by atoms with Gasteiger partial charge in [-0.1, -0.05) is 194 Å². The SMILES string of the molecule is c1ccc(-c2cccc3c2ccc2c(-c4ccc(-c5c6ccccc6cc6c5ccc5c(-c7ccccc7)cccc56)cc4)c4ccccc4cc23)cc1. The zero-order valence-electron chi connectivity index (χ0n) is 29.6. The number of hydrogen-bond donors (Lipinski definition) is 0. The Morgan fingerprint density at radius 2 is 0.556 bits per heavy atom. The summed E-state index contributed by atoms with van der Waals surface area (Å²) in [5, 5.41) is 15.3. The maximum Gasteiger partial charge on any atom is -0.00266 e. The van der Waals surface area contributed by atoms with E-state index in [-0.39, 0.29) is 0 Å². The maximum absolute atomic E-state index is 2.38. The fourth-order valence-corrected chi connectivity index (χ4v) is 8.98. The molecule has 0 amide bonds. The molecule has 0 aliphatic heterocycles. The summed E-state index contributed by atoms with van der Waals surface area (Å²) in [6, 6.07) is 76.0. The van der Waals surface area contributed by atoms with Gasteiger partial charge in [0.15, 0.2) is 0 Å². The molecular formula is C54H34. The van der Waals surface area contributed by atoms with Crippen LogP contribution in [0.3, 0.4) is 0 Å². The van der Waals surface area contributed by atoms with Crippen LogP contribution in [0.25, 0.3) is 109 Å². The molecule has 0 spiro atoms.